The predicted molar refractivity (Wildman–Crippen MR) is 144 cm³/mol. The molecular weight excluding hydrogens is 482 g/mol. The summed E-state index contributed by atoms with van der Waals surface area (Å²) in [6.07, 6.45) is 2.45. The number of amides is 1. The third-order valence-electron chi connectivity index (χ3n) is 7.93. The van der Waals surface area contributed by atoms with E-state index in [1.54, 1.807) is 12.1 Å². The quantitative estimate of drug-likeness (QED) is 0.257. The Hall–Kier alpha value is -4.04. The molecule has 1 heterocycles. The Morgan fingerprint density at radius 2 is 1.42 bits per heavy atom. The van der Waals surface area contributed by atoms with Crippen molar-refractivity contribution in [1.82, 2.24) is 9.80 Å². The first-order valence-electron chi connectivity index (χ1n) is 13.1. The molecule has 3 aromatic carbocycles. The fourth-order valence-electron chi connectivity index (χ4n) is 5.90. The summed E-state index contributed by atoms with van der Waals surface area (Å²) in [5.74, 6) is -0.768. The highest BCUT2D eigenvalue weighted by Crippen LogP contribution is 2.51. The number of hydrogen-bond acceptors (Lipinski definition) is 5. The molecule has 0 spiro atoms. The summed E-state index contributed by atoms with van der Waals surface area (Å²) in [6.45, 7) is 3.71. The van der Waals surface area contributed by atoms with Gasteiger partial charge in [0.1, 0.15) is 5.41 Å². The molecule has 38 heavy (non-hydrogen) atoms. The van der Waals surface area contributed by atoms with E-state index in [0.717, 1.165) is 60.3 Å². The maximum absolute atomic E-state index is 12.7. The minimum absolute atomic E-state index is 0.0189. The van der Waals surface area contributed by atoms with Gasteiger partial charge in [0.25, 0.3) is 5.69 Å². The average molecular weight is 514 g/mol. The van der Waals surface area contributed by atoms with Gasteiger partial charge in [0.05, 0.1) is 11.3 Å². The molecular formula is C30H31N3O5. The van der Waals surface area contributed by atoms with Gasteiger partial charge in [0.2, 0.25) is 5.91 Å². The van der Waals surface area contributed by atoms with Crippen LogP contribution in [0.1, 0.15) is 36.0 Å². The van der Waals surface area contributed by atoms with Crippen molar-refractivity contribution in [2.75, 3.05) is 32.7 Å². The van der Waals surface area contributed by atoms with Gasteiger partial charge in [-0.05, 0) is 47.2 Å². The standard InChI is InChI=1S/C30H31N3O5/c34-28(21-22-11-13-23(14-12-22)33(37)38)32-19-17-31(18-20-32)16-6-5-15-30(29(35)36)26-9-3-1-7-24(26)25-8-2-4-10-27(25)30/h1-4,7-14H,5-6,15-21H2,(H,35,36). The topological polar surface area (TPSA) is 104 Å². The maximum atomic E-state index is 12.7. The number of nitro benzene ring substituents is 1. The molecule has 1 aliphatic carbocycles. The Kier molecular flexibility index (Phi) is 7.24. The molecule has 1 amide bonds. The molecule has 8 heteroatoms. The number of piperazine rings is 1. The van der Waals surface area contributed by atoms with E-state index in [1.807, 2.05) is 53.4 Å². The highest BCUT2D eigenvalue weighted by atomic mass is 16.6. The Morgan fingerprint density at radius 3 is 1.97 bits per heavy atom. The molecule has 1 saturated heterocycles. The first kappa shape index (κ1) is 25.6. The zero-order chi connectivity index (χ0) is 26.7. The van der Waals surface area contributed by atoms with Crippen LogP contribution in [0.25, 0.3) is 11.1 Å². The van der Waals surface area contributed by atoms with Crippen molar-refractivity contribution < 1.29 is 19.6 Å². The van der Waals surface area contributed by atoms with Gasteiger partial charge in [0, 0.05) is 38.3 Å². The van der Waals surface area contributed by atoms with Crippen LogP contribution in [-0.2, 0) is 21.4 Å². The van der Waals surface area contributed by atoms with Gasteiger partial charge in [-0.15, -0.1) is 0 Å². The van der Waals surface area contributed by atoms with Gasteiger partial charge in [0.15, 0.2) is 0 Å². The summed E-state index contributed by atoms with van der Waals surface area (Å²) >= 11 is 0. The van der Waals surface area contributed by atoms with Crippen molar-refractivity contribution >= 4 is 17.6 Å². The number of carbonyl (C=O) groups is 2. The highest BCUT2D eigenvalue weighted by molar-refractivity contribution is 5.97. The first-order chi connectivity index (χ1) is 18.4. The van der Waals surface area contributed by atoms with Gasteiger partial charge >= 0.3 is 5.97 Å². The molecule has 8 nitrogen and oxygen atoms in total. The molecule has 196 valence electrons. The van der Waals surface area contributed by atoms with Crippen LogP contribution in [-0.4, -0.2) is 64.4 Å². The molecule has 3 aromatic rings. The Labute approximate surface area is 221 Å². The minimum atomic E-state index is -1.02. The fraction of sp³-hybridized carbons (Fsp3) is 0.333. The van der Waals surface area contributed by atoms with Crippen LogP contribution >= 0.6 is 0 Å². The number of carboxylic acids is 1. The molecule has 1 fully saturated rings. The second-order valence-corrected chi connectivity index (χ2v) is 10.1. The Bertz CT molecular complexity index is 1300. The van der Waals surface area contributed by atoms with Crippen LogP contribution in [0.5, 0.6) is 0 Å². The lowest BCUT2D eigenvalue weighted by Gasteiger charge is -2.35. The zero-order valence-electron chi connectivity index (χ0n) is 21.2. The largest absolute Gasteiger partial charge is 0.480 e. The lowest BCUT2D eigenvalue weighted by Crippen LogP contribution is -2.49. The molecule has 5 rings (SSSR count). The molecule has 0 radical (unpaired) electrons. The van der Waals surface area contributed by atoms with Gasteiger partial charge in [-0.2, -0.15) is 0 Å². The number of hydrogen-bond donors (Lipinski definition) is 1. The van der Waals surface area contributed by atoms with Crippen molar-refractivity contribution in [2.24, 2.45) is 0 Å². The van der Waals surface area contributed by atoms with E-state index in [2.05, 4.69) is 4.90 Å². The summed E-state index contributed by atoms with van der Waals surface area (Å²) in [5.41, 5.74) is 3.56. The van der Waals surface area contributed by atoms with Crippen LogP contribution in [0.2, 0.25) is 0 Å². The number of carboxylic acid groups (broad SMARTS) is 1. The van der Waals surface area contributed by atoms with E-state index in [4.69, 9.17) is 0 Å². The third-order valence-corrected chi connectivity index (χ3v) is 7.93. The Morgan fingerprint density at radius 1 is 0.842 bits per heavy atom. The Balaban J connectivity index is 1.13. The zero-order valence-corrected chi connectivity index (χ0v) is 21.2. The fourth-order valence-corrected chi connectivity index (χ4v) is 5.90. The predicted octanol–water partition coefficient (Wildman–Crippen LogP) is 4.50. The van der Waals surface area contributed by atoms with Crippen molar-refractivity contribution in [1.29, 1.82) is 0 Å². The monoisotopic (exact) mass is 513 g/mol. The highest BCUT2D eigenvalue weighted by Gasteiger charge is 2.48. The number of nitrogens with zero attached hydrogens (tertiary/aromatic N) is 3. The van der Waals surface area contributed by atoms with E-state index in [9.17, 15) is 24.8 Å². The molecule has 1 N–H and O–H groups in total. The number of benzene rings is 3. The second-order valence-electron chi connectivity index (χ2n) is 10.1. The molecule has 0 unspecified atom stereocenters. The lowest BCUT2D eigenvalue weighted by atomic mass is 9.74. The maximum Gasteiger partial charge on any atom is 0.318 e. The summed E-state index contributed by atoms with van der Waals surface area (Å²) < 4.78 is 0. The minimum Gasteiger partial charge on any atom is -0.480 e. The number of aliphatic carboxylic acids is 1. The van der Waals surface area contributed by atoms with E-state index >= 15 is 0 Å². The number of fused-ring (bicyclic) bond motifs is 3. The van der Waals surface area contributed by atoms with Crippen molar-refractivity contribution in [2.45, 2.75) is 31.1 Å². The average Bonchev–Trinajstić information content (AvgIpc) is 3.23. The van der Waals surface area contributed by atoms with E-state index in [-0.39, 0.29) is 18.0 Å². The third kappa shape index (κ3) is 4.79. The first-order valence-corrected chi connectivity index (χ1v) is 13.1. The number of unbranched alkanes of at least 4 members (excludes halogenated alkanes) is 1. The van der Waals surface area contributed by atoms with Crippen LogP contribution in [0.15, 0.2) is 72.8 Å². The molecule has 0 aromatic heterocycles. The van der Waals surface area contributed by atoms with Crippen molar-refractivity contribution in [3.63, 3.8) is 0 Å². The van der Waals surface area contributed by atoms with Gasteiger partial charge in [-0.3, -0.25) is 24.6 Å². The summed E-state index contributed by atoms with van der Waals surface area (Å²) in [5, 5.41) is 21.3. The number of nitro groups is 1. The smallest absolute Gasteiger partial charge is 0.318 e. The van der Waals surface area contributed by atoms with Crippen LogP contribution in [0.3, 0.4) is 0 Å². The van der Waals surface area contributed by atoms with Crippen molar-refractivity contribution in [3.8, 4) is 11.1 Å². The summed E-state index contributed by atoms with van der Waals surface area (Å²) in [7, 11) is 0. The number of rotatable bonds is 9. The SMILES string of the molecule is O=C(Cc1ccc([N+](=O)[O-])cc1)N1CCN(CCCCC2(C(=O)O)c3ccccc3-c3ccccc32)CC1. The van der Waals surface area contributed by atoms with Crippen LogP contribution in [0.4, 0.5) is 5.69 Å². The molecule has 0 saturated carbocycles. The molecule has 0 bridgehead atoms. The van der Waals surface area contributed by atoms with E-state index < -0.39 is 16.3 Å². The van der Waals surface area contributed by atoms with Crippen LogP contribution < -0.4 is 0 Å². The van der Waals surface area contributed by atoms with Gasteiger partial charge in [-0.25, -0.2) is 0 Å². The summed E-state index contributed by atoms with van der Waals surface area (Å²) in [6, 6.07) is 21.8. The molecule has 2 aliphatic rings. The van der Waals surface area contributed by atoms with Crippen LogP contribution in [0, 0.1) is 10.1 Å². The van der Waals surface area contributed by atoms with E-state index in [1.165, 1.54) is 12.1 Å². The molecule has 0 atom stereocenters. The van der Waals surface area contributed by atoms with Gasteiger partial charge < -0.3 is 10.0 Å². The lowest BCUT2D eigenvalue weighted by molar-refractivity contribution is -0.384. The second kappa shape index (κ2) is 10.8. The van der Waals surface area contributed by atoms with Gasteiger partial charge in [-0.1, -0.05) is 67.1 Å². The van der Waals surface area contributed by atoms with E-state index in [0.29, 0.717) is 19.5 Å². The summed E-state index contributed by atoms with van der Waals surface area (Å²) in [4.78, 5) is 40.0. The number of carbonyl (C=O) groups excluding carboxylic acids is 1. The molecule has 1 aliphatic heterocycles. The number of non-ortho nitro benzene ring substituents is 1. The normalized spacial score (nSPS) is 16.1. The van der Waals surface area contributed by atoms with Crippen molar-refractivity contribution in [3.05, 3.63) is 99.6 Å².